The maximum atomic E-state index is 13.5. The van der Waals surface area contributed by atoms with Crippen LogP contribution in [0.25, 0.3) is 11.6 Å². The molecule has 2 aromatic carbocycles. The summed E-state index contributed by atoms with van der Waals surface area (Å²) in [4.78, 5) is 0. The topological polar surface area (TPSA) is 0 Å². The molecule has 0 fully saturated rings. The van der Waals surface area contributed by atoms with E-state index in [2.05, 4.69) is 18.2 Å². The zero-order valence-electron chi connectivity index (χ0n) is 8.78. The molecule has 2 aromatic rings. The minimum atomic E-state index is -0.0975. The molecular weight excluding hydrogens is 199 g/mol. The summed E-state index contributed by atoms with van der Waals surface area (Å²) in [7, 11) is 0. The molecule has 0 radical (unpaired) electrons. The van der Waals surface area contributed by atoms with E-state index >= 15 is 0 Å². The van der Waals surface area contributed by atoms with E-state index in [4.69, 9.17) is 0 Å². The lowest BCUT2D eigenvalue weighted by Crippen LogP contribution is -1.89. The molecule has 0 unspecified atom stereocenters. The zero-order valence-corrected chi connectivity index (χ0v) is 8.78. The van der Waals surface area contributed by atoms with Crippen molar-refractivity contribution in [3.05, 3.63) is 71.0 Å². The Bertz CT molecular complexity index is 553. The largest absolute Gasteiger partial charge is 0.207 e. The van der Waals surface area contributed by atoms with Gasteiger partial charge in [0.05, 0.1) is 0 Å². The second kappa shape index (κ2) is 3.60. The molecule has 0 nitrogen and oxygen atoms in total. The first-order valence-corrected chi connectivity index (χ1v) is 5.38. The van der Waals surface area contributed by atoms with Gasteiger partial charge in [-0.2, -0.15) is 0 Å². The average Bonchev–Trinajstić information content (AvgIpc) is 2.76. The molecule has 78 valence electrons. The highest BCUT2D eigenvalue weighted by molar-refractivity contribution is 5.88. The number of halogens is 1. The van der Waals surface area contributed by atoms with Crippen LogP contribution in [0.2, 0.25) is 0 Å². The third-order valence-corrected chi connectivity index (χ3v) is 3.00. The van der Waals surface area contributed by atoms with Crippen LogP contribution in [-0.4, -0.2) is 0 Å². The van der Waals surface area contributed by atoms with Gasteiger partial charge in [-0.15, -0.1) is 0 Å². The minimum Gasteiger partial charge on any atom is -0.207 e. The zero-order chi connectivity index (χ0) is 11.0. The highest BCUT2D eigenvalue weighted by Crippen LogP contribution is 2.32. The summed E-state index contributed by atoms with van der Waals surface area (Å²) >= 11 is 0. The molecule has 0 saturated carbocycles. The fourth-order valence-corrected chi connectivity index (χ4v) is 2.16. The third kappa shape index (κ3) is 1.45. The predicted octanol–water partition coefficient (Wildman–Crippen LogP) is 3.92. The molecule has 0 saturated heterocycles. The Morgan fingerprint density at radius 2 is 1.69 bits per heavy atom. The van der Waals surface area contributed by atoms with E-state index in [1.807, 2.05) is 24.3 Å². The molecule has 0 aliphatic heterocycles. The van der Waals surface area contributed by atoms with Gasteiger partial charge in [-0.05, 0) is 28.3 Å². The summed E-state index contributed by atoms with van der Waals surface area (Å²) in [5, 5.41) is 0. The molecule has 0 N–H and O–H groups in total. The number of fused-ring (bicyclic) bond motifs is 1. The maximum Gasteiger partial charge on any atom is 0.127 e. The smallest absolute Gasteiger partial charge is 0.127 e. The quantitative estimate of drug-likeness (QED) is 0.669. The van der Waals surface area contributed by atoms with Crippen molar-refractivity contribution in [2.75, 3.05) is 0 Å². The molecule has 0 amide bonds. The Labute approximate surface area is 94.1 Å². The third-order valence-electron chi connectivity index (χ3n) is 3.00. The lowest BCUT2D eigenvalue weighted by atomic mass is 10.0. The standard InChI is InChI=1S/C15H11F/c16-15-8-4-7-12-9-13(10-14(12)15)11-5-2-1-3-6-11/h1-9H,10H2. The van der Waals surface area contributed by atoms with E-state index in [1.54, 1.807) is 6.07 Å². The Kier molecular flexibility index (Phi) is 2.10. The SMILES string of the molecule is Fc1cccc2c1CC(c1ccccc1)=C2. The average molecular weight is 210 g/mol. The molecular formula is C15H11F. The van der Waals surface area contributed by atoms with E-state index in [9.17, 15) is 4.39 Å². The van der Waals surface area contributed by atoms with Crippen molar-refractivity contribution in [1.29, 1.82) is 0 Å². The minimum absolute atomic E-state index is 0.0975. The van der Waals surface area contributed by atoms with E-state index < -0.39 is 0 Å². The molecule has 0 spiro atoms. The van der Waals surface area contributed by atoms with Crippen molar-refractivity contribution >= 4 is 11.6 Å². The summed E-state index contributed by atoms with van der Waals surface area (Å²) in [5.41, 5.74) is 4.21. The van der Waals surface area contributed by atoms with Crippen molar-refractivity contribution < 1.29 is 4.39 Å². The summed E-state index contributed by atoms with van der Waals surface area (Å²) in [6.45, 7) is 0. The van der Waals surface area contributed by atoms with Gasteiger partial charge in [0, 0.05) is 6.42 Å². The number of hydrogen-bond donors (Lipinski definition) is 0. The Morgan fingerprint density at radius 1 is 0.875 bits per heavy atom. The van der Waals surface area contributed by atoms with Gasteiger partial charge in [0.25, 0.3) is 0 Å². The first-order chi connectivity index (χ1) is 7.84. The fourth-order valence-electron chi connectivity index (χ4n) is 2.16. The molecule has 0 aromatic heterocycles. The Hall–Kier alpha value is -1.89. The number of hydrogen-bond acceptors (Lipinski definition) is 0. The van der Waals surface area contributed by atoms with Crippen LogP contribution in [-0.2, 0) is 6.42 Å². The van der Waals surface area contributed by atoms with Crippen LogP contribution in [0.5, 0.6) is 0 Å². The predicted molar refractivity (Wildman–Crippen MR) is 64.4 cm³/mol. The van der Waals surface area contributed by atoms with Crippen LogP contribution in [0.15, 0.2) is 48.5 Å². The summed E-state index contributed by atoms with van der Waals surface area (Å²) < 4.78 is 13.5. The van der Waals surface area contributed by atoms with Crippen LogP contribution in [0.4, 0.5) is 4.39 Å². The Balaban J connectivity index is 2.04. The van der Waals surface area contributed by atoms with Gasteiger partial charge in [0.2, 0.25) is 0 Å². The number of benzene rings is 2. The van der Waals surface area contributed by atoms with Crippen LogP contribution >= 0.6 is 0 Å². The normalized spacial score (nSPS) is 13.4. The van der Waals surface area contributed by atoms with Crippen molar-refractivity contribution in [1.82, 2.24) is 0 Å². The van der Waals surface area contributed by atoms with Gasteiger partial charge in [0.15, 0.2) is 0 Å². The summed E-state index contributed by atoms with van der Waals surface area (Å²) in [6.07, 6.45) is 2.78. The van der Waals surface area contributed by atoms with Gasteiger partial charge < -0.3 is 0 Å². The maximum absolute atomic E-state index is 13.5. The summed E-state index contributed by atoms with van der Waals surface area (Å²) in [6, 6.07) is 15.4. The van der Waals surface area contributed by atoms with E-state index in [0.717, 1.165) is 11.1 Å². The lowest BCUT2D eigenvalue weighted by Gasteiger charge is -2.02. The van der Waals surface area contributed by atoms with Crippen molar-refractivity contribution in [3.63, 3.8) is 0 Å². The molecule has 3 rings (SSSR count). The molecule has 1 aliphatic carbocycles. The van der Waals surface area contributed by atoms with E-state index in [-0.39, 0.29) is 5.82 Å². The first-order valence-electron chi connectivity index (χ1n) is 5.38. The molecule has 1 heteroatoms. The van der Waals surface area contributed by atoms with Crippen molar-refractivity contribution in [3.8, 4) is 0 Å². The van der Waals surface area contributed by atoms with Crippen LogP contribution in [0.3, 0.4) is 0 Å². The Morgan fingerprint density at radius 3 is 2.44 bits per heavy atom. The molecule has 16 heavy (non-hydrogen) atoms. The van der Waals surface area contributed by atoms with Gasteiger partial charge in [-0.1, -0.05) is 48.5 Å². The van der Waals surface area contributed by atoms with Crippen LogP contribution in [0.1, 0.15) is 16.7 Å². The molecule has 0 atom stereocenters. The molecule has 1 aliphatic rings. The van der Waals surface area contributed by atoms with Gasteiger partial charge in [0.1, 0.15) is 5.82 Å². The van der Waals surface area contributed by atoms with E-state index in [1.165, 1.54) is 17.2 Å². The lowest BCUT2D eigenvalue weighted by molar-refractivity contribution is 0.616. The fraction of sp³-hybridized carbons (Fsp3) is 0.0667. The summed E-state index contributed by atoms with van der Waals surface area (Å²) in [5.74, 6) is -0.0975. The second-order valence-corrected chi connectivity index (χ2v) is 4.02. The number of allylic oxidation sites excluding steroid dienone is 1. The van der Waals surface area contributed by atoms with Crippen molar-refractivity contribution in [2.24, 2.45) is 0 Å². The van der Waals surface area contributed by atoms with Gasteiger partial charge in [-0.3, -0.25) is 0 Å². The number of rotatable bonds is 1. The van der Waals surface area contributed by atoms with Crippen molar-refractivity contribution in [2.45, 2.75) is 6.42 Å². The van der Waals surface area contributed by atoms with Crippen LogP contribution in [0, 0.1) is 5.82 Å². The van der Waals surface area contributed by atoms with Crippen LogP contribution < -0.4 is 0 Å². The van der Waals surface area contributed by atoms with Gasteiger partial charge in [-0.25, -0.2) is 4.39 Å². The second-order valence-electron chi connectivity index (χ2n) is 4.02. The molecule has 0 bridgehead atoms. The monoisotopic (exact) mass is 210 g/mol. The van der Waals surface area contributed by atoms with E-state index in [0.29, 0.717) is 6.42 Å². The highest BCUT2D eigenvalue weighted by atomic mass is 19.1. The first kappa shape index (κ1) is 9.34. The highest BCUT2D eigenvalue weighted by Gasteiger charge is 2.16. The molecule has 0 heterocycles. The van der Waals surface area contributed by atoms with Gasteiger partial charge >= 0.3 is 0 Å².